The number of ether oxygens (including phenoxy) is 1. The Morgan fingerprint density at radius 3 is 2.27 bits per heavy atom. The van der Waals surface area contributed by atoms with Gasteiger partial charge in [-0.3, -0.25) is 9.59 Å². The second-order valence-electron chi connectivity index (χ2n) is 8.16. The normalized spacial score (nSPS) is 17.7. The highest BCUT2D eigenvalue weighted by molar-refractivity contribution is 6.46. The van der Waals surface area contributed by atoms with E-state index in [0.29, 0.717) is 18.7 Å². The van der Waals surface area contributed by atoms with Gasteiger partial charge >= 0.3 is 0 Å². The molecule has 1 aliphatic heterocycles. The van der Waals surface area contributed by atoms with Crippen LogP contribution in [0.15, 0.2) is 60.2 Å². The van der Waals surface area contributed by atoms with Crippen molar-refractivity contribution in [3.63, 3.8) is 0 Å². The molecular weight excluding hydrogens is 416 g/mol. The maximum Gasteiger partial charge on any atom is 0.295 e. The van der Waals surface area contributed by atoms with Crippen molar-refractivity contribution in [2.45, 2.75) is 39.7 Å². The summed E-state index contributed by atoms with van der Waals surface area (Å²) >= 11 is 0. The van der Waals surface area contributed by atoms with Crippen molar-refractivity contribution >= 4 is 17.4 Å². The Balaban J connectivity index is 1.97. The van der Waals surface area contributed by atoms with Crippen LogP contribution in [0.3, 0.4) is 0 Å². The first-order valence-electron chi connectivity index (χ1n) is 11.8. The minimum atomic E-state index is -0.643. The van der Waals surface area contributed by atoms with Crippen molar-refractivity contribution in [2.24, 2.45) is 0 Å². The molecule has 1 saturated heterocycles. The van der Waals surface area contributed by atoms with E-state index >= 15 is 0 Å². The number of nitrogens with zero attached hydrogens (tertiary/aromatic N) is 2. The van der Waals surface area contributed by atoms with Gasteiger partial charge in [0.25, 0.3) is 11.7 Å². The zero-order valence-electron chi connectivity index (χ0n) is 19.8. The Labute approximate surface area is 196 Å². The lowest BCUT2D eigenvalue weighted by Crippen LogP contribution is -2.33. The van der Waals surface area contributed by atoms with Gasteiger partial charge in [0.1, 0.15) is 11.5 Å². The van der Waals surface area contributed by atoms with Gasteiger partial charge in [-0.25, -0.2) is 0 Å². The Hall–Kier alpha value is -3.12. The number of carbonyl (C=O) groups excluding carboxylic acids is 2. The molecule has 3 rings (SSSR count). The SMILES string of the molecule is CCCOc1ccc([C@H]2/C(=C(\O)c3ccccc3)C(=O)C(=O)N2CCCN(CC)CC)cc1. The van der Waals surface area contributed by atoms with E-state index in [1.165, 1.54) is 0 Å². The number of hydrogen-bond donors (Lipinski definition) is 1. The lowest BCUT2D eigenvalue weighted by molar-refractivity contribution is -0.140. The minimum Gasteiger partial charge on any atom is -0.507 e. The van der Waals surface area contributed by atoms with Crippen LogP contribution < -0.4 is 4.74 Å². The molecule has 0 bridgehead atoms. The number of rotatable bonds is 11. The number of hydrogen-bond acceptors (Lipinski definition) is 5. The number of ketones is 1. The van der Waals surface area contributed by atoms with Crippen molar-refractivity contribution < 1.29 is 19.4 Å². The predicted molar refractivity (Wildman–Crippen MR) is 130 cm³/mol. The summed E-state index contributed by atoms with van der Waals surface area (Å²) in [7, 11) is 0. The molecule has 2 aromatic carbocycles. The number of aliphatic hydroxyl groups excluding tert-OH is 1. The van der Waals surface area contributed by atoms with Crippen LogP contribution in [0, 0.1) is 0 Å². The van der Waals surface area contributed by atoms with Gasteiger partial charge in [-0.2, -0.15) is 0 Å². The summed E-state index contributed by atoms with van der Waals surface area (Å²) in [5, 5.41) is 11.1. The topological polar surface area (TPSA) is 70.1 Å². The second kappa shape index (κ2) is 11.7. The van der Waals surface area contributed by atoms with E-state index in [1.54, 1.807) is 29.2 Å². The Kier molecular flexibility index (Phi) is 8.66. The first kappa shape index (κ1) is 24.5. The molecule has 1 atom stereocenters. The highest BCUT2D eigenvalue weighted by Crippen LogP contribution is 2.39. The molecule has 176 valence electrons. The predicted octanol–water partition coefficient (Wildman–Crippen LogP) is 4.63. The van der Waals surface area contributed by atoms with E-state index in [1.807, 2.05) is 37.3 Å². The van der Waals surface area contributed by atoms with Gasteiger partial charge in [-0.1, -0.05) is 63.2 Å². The van der Waals surface area contributed by atoms with Crippen LogP contribution in [0.4, 0.5) is 0 Å². The van der Waals surface area contributed by atoms with Gasteiger partial charge < -0.3 is 19.6 Å². The molecule has 2 aromatic rings. The molecule has 1 N–H and O–H groups in total. The molecule has 0 saturated carbocycles. The zero-order chi connectivity index (χ0) is 23.8. The highest BCUT2D eigenvalue weighted by atomic mass is 16.5. The summed E-state index contributed by atoms with van der Waals surface area (Å²) < 4.78 is 5.69. The van der Waals surface area contributed by atoms with Crippen molar-refractivity contribution in [3.8, 4) is 5.75 Å². The third kappa shape index (κ3) is 5.63. The standard InChI is InChI=1S/C27H34N2O4/c1-4-19-33-22-15-13-20(14-16-22)24-23(25(30)21-11-8-7-9-12-21)26(31)27(32)29(24)18-10-17-28(5-2)6-3/h7-9,11-16,24,30H,4-6,10,17-19H2,1-3H3/b25-23+/t24-/m0/s1. The van der Waals surface area contributed by atoms with E-state index < -0.39 is 17.7 Å². The maximum atomic E-state index is 13.1. The number of aliphatic hydroxyl groups is 1. The fraction of sp³-hybridized carbons (Fsp3) is 0.407. The van der Waals surface area contributed by atoms with E-state index in [-0.39, 0.29) is 11.3 Å². The van der Waals surface area contributed by atoms with Crippen LogP contribution in [-0.4, -0.2) is 59.4 Å². The summed E-state index contributed by atoms with van der Waals surface area (Å²) in [4.78, 5) is 30.0. The first-order chi connectivity index (χ1) is 16.0. The van der Waals surface area contributed by atoms with Gasteiger partial charge in [0.15, 0.2) is 0 Å². The Bertz CT molecular complexity index is 965. The number of likely N-dealkylation sites (tertiary alicyclic amines) is 1. The van der Waals surface area contributed by atoms with E-state index in [4.69, 9.17) is 4.74 Å². The molecule has 6 heteroatoms. The van der Waals surface area contributed by atoms with Gasteiger partial charge in [0.05, 0.1) is 18.2 Å². The van der Waals surface area contributed by atoms with Gasteiger partial charge in [0.2, 0.25) is 0 Å². The zero-order valence-corrected chi connectivity index (χ0v) is 19.8. The average Bonchev–Trinajstić information content (AvgIpc) is 3.10. The van der Waals surface area contributed by atoms with Crippen LogP contribution in [0.2, 0.25) is 0 Å². The highest BCUT2D eigenvalue weighted by Gasteiger charge is 2.45. The van der Waals surface area contributed by atoms with Crippen LogP contribution >= 0.6 is 0 Å². The molecule has 1 fully saturated rings. The molecule has 0 spiro atoms. The molecular formula is C27H34N2O4. The Morgan fingerprint density at radius 2 is 1.67 bits per heavy atom. The van der Waals surface area contributed by atoms with Gasteiger partial charge in [-0.15, -0.1) is 0 Å². The summed E-state index contributed by atoms with van der Waals surface area (Å²) in [5.41, 5.74) is 1.43. The molecule has 0 aliphatic carbocycles. The molecule has 1 heterocycles. The summed E-state index contributed by atoms with van der Waals surface area (Å²) in [6.07, 6.45) is 1.65. The lowest BCUT2D eigenvalue weighted by atomic mass is 9.95. The van der Waals surface area contributed by atoms with E-state index in [9.17, 15) is 14.7 Å². The molecule has 1 aliphatic rings. The molecule has 0 aromatic heterocycles. The van der Waals surface area contributed by atoms with Crippen LogP contribution in [0.5, 0.6) is 5.75 Å². The average molecular weight is 451 g/mol. The fourth-order valence-corrected chi connectivity index (χ4v) is 4.18. The first-order valence-corrected chi connectivity index (χ1v) is 11.8. The Morgan fingerprint density at radius 1 is 1.00 bits per heavy atom. The van der Waals surface area contributed by atoms with Crippen molar-refractivity contribution in [2.75, 3.05) is 32.8 Å². The second-order valence-corrected chi connectivity index (χ2v) is 8.16. The molecule has 0 radical (unpaired) electrons. The monoisotopic (exact) mass is 450 g/mol. The van der Waals surface area contributed by atoms with Crippen molar-refractivity contribution in [1.29, 1.82) is 0 Å². The van der Waals surface area contributed by atoms with Gasteiger partial charge in [-0.05, 0) is 50.2 Å². The molecule has 1 amide bonds. The molecule has 0 unspecified atom stereocenters. The van der Waals surface area contributed by atoms with Crippen molar-refractivity contribution in [1.82, 2.24) is 9.80 Å². The van der Waals surface area contributed by atoms with E-state index in [0.717, 1.165) is 43.8 Å². The van der Waals surface area contributed by atoms with E-state index in [2.05, 4.69) is 18.7 Å². The third-order valence-electron chi connectivity index (χ3n) is 6.02. The van der Waals surface area contributed by atoms with Crippen LogP contribution in [0.1, 0.15) is 50.8 Å². The van der Waals surface area contributed by atoms with Crippen molar-refractivity contribution in [3.05, 3.63) is 71.3 Å². The quantitative estimate of drug-likeness (QED) is 0.307. The third-order valence-corrected chi connectivity index (χ3v) is 6.02. The number of amides is 1. The summed E-state index contributed by atoms with van der Waals surface area (Å²) in [5.74, 6) is -0.613. The van der Waals surface area contributed by atoms with Crippen LogP contribution in [0.25, 0.3) is 5.76 Å². The minimum absolute atomic E-state index is 0.135. The number of carbonyl (C=O) groups is 2. The maximum absolute atomic E-state index is 13.1. The largest absolute Gasteiger partial charge is 0.507 e. The number of Topliss-reactive ketones (excluding diaryl/α,β-unsaturated/α-hetero) is 1. The van der Waals surface area contributed by atoms with Gasteiger partial charge in [0, 0.05) is 12.1 Å². The summed E-state index contributed by atoms with van der Waals surface area (Å²) in [6, 6.07) is 15.7. The molecule has 33 heavy (non-hydrogen) atoms. The fourth-order valence-electron chi connectivity index (χ4n) is 4.18. The summed E-state index contributed by atoms with van der Waals surface area (Å²) in [6.45, 7) is 10.0. The smallest absolute Gasteiger partial charge is 0.295 e. The van der Waals surface area contributed by atoms with Crippen LogP contribution in [-0.2, 0) is 9.59 Å². The molecule has 6 nitrogen and oxygen atoms in total. The lowest BCUT2D eigenvalue weighted by Gasteiger charge is -2.27. The number of benzene rings is 2.